The zero-order valence-electron chi connectivity index (χ0n) is 15.8. The SMILES string of the molecule is Cc1cccc(COc2ccc(CNC(=O)[C@@H]3CCC[C@@H]3CN)cc2)c1.Cl. The Morgan fingerprint density at radius 1 is 1.15 bits per heavy atom. The Labute approximate surface area is 167 Å². The van der Waals surface area contributed by atoms with Gasteiger partial charge < -0.3 is 15.8 Å². The van der Waals surface area contributed by atoms with Crippen molar-refractivity contribution in [1.29, 1.82) is 0 Å². The number of nitrogens with two attached hydrogens (primary N) is 1. The van der Waals surface area contributed by atoms with E-state index in [0.29, 0.717) is 25.6 Å². The van der Waals surface area contributed by atoms with Crippen LogP contribution in [0.25, 0.3) is 0 Å². The van der Waals surface area contributed by atoms with E-state index in [2.05, 4.69) is 30.4 Å². The Morgan fingerprint density at radius 2 is 1.93 bits per heavy atom. The number of carbonyl (C=O) groups is 1. The highest BCUT2D eigenvalue weighted by molar-refractivity contribution is 5.85. The molecule has 0 saturated heterocycles. The van der Waals surface area contributed by atoms with E-state index in [-0.39, 0.29) is 24.2 Å². The van der Waals surface area contributed by atoms with E-state index in [9.17, 15) is 4.79 Å². The molecule has 4 nitrogen and oxygen atoms in total. The van der Waals surface area contributed by atoms with Gasteiger partial charge in [-0.3, -0.25) is 4.79 Å². The van der Waals surface area contributed by atoms with E-state index in [4.69, 9.17) is 10.5 Å². The van der Waals surface area contributed by atoms with Crippen molar-refractivity contribution in [2.24, 2.45) is 17.6 Å². The molecule has 0 unspecified atom stereocenters. The number of halogens is 1. The number of rotatable bonds is 7. The molecular weight excluding hydrogens is 360 g/mol. The quantitative estimate of drug-likeness (QED) is 0.753. The second kappa shape index (κ2) is 10.3. The molecule has 0 aliphatic heterocycles. The van der Waals surface area contributed by atoms with Crippen molar-refractivity contribution in [2.75, 3.05) is 6.54 Å². The summed E-state index contributed by atoms with van der Waals surface area (Å²) in [5.41, 5.74) is 9.24. The Balaban J connectivity index is 0.00000261. The second-order valence-electron chi connectivity index (χ2n) is 7.17. The summed E-state index contributed by atoms with van der Waals surface area (Å²) in [6.07, 6.45) is 3.13. The third-order valence-corrected chi connectivity index (χ3v) is 5.18. The first-order valence-electron chi connectivity index (χ1n) is 9.41. The van der Waals surface area contributed by atoms with Crippen molar-refractivity contribution in [3.63, 3.8) is 0 Å². The van der Waals surface area contributed by atoms with Crippen LogP contribution in [0.2, 0.25) is 0 Å². The number of amides is 1. The van der Waals surface area contributed by atoms with E-state index in [0.717, 1.165) is 36.1 Å². The van der Waals surface area contributed by atoms with Gasteiger partial charge >= 0.3 is 0 Å². The highest BCUT2D eigenvalue weighted by Gasteiger charge is 2.31. The van der Waals surface area contributed by atoms with Gasteiger partial charge in [0.15, 0.2) is 0 Å². The summed E-state index contributed by atoms with van der Waals surface area (Å²) in [6.45, 7) is 3.78. The molecule has 0 aromatic heterocycles. The molecule has 1 aliphatic rings. The van der Waals surface area contributed by atoms with Crippen molar-refractivity contribution in [1.82, 2.24) is 5.32 Å². The molecule has 1 saturated carbocycles. The molecule has 27 heavy (non-hydrogen) atoms. The molecule has 0 bridgehead atoms. The average molecular weight is 389 g/mol. The van der Waals surface area contributed by atoms with E-state index in [1.54, 1.807) is 0 Å². The molecule has 1 fully saturated rings. The van der Waals surface area contributed by atoms with E-state index >= 15 is 0 Å². The second-order valence-corrected chi connectivity index (χ2v) is 7.17. The van der Waals surface area contributed by atoms with Crippen LogP contribution in [0.4, 0.5) is 0 Å². The minimum atomic E-state index is 0. The van der Waals surface area contributed by atoms with Gasteiger partial charge in [-0.2, -0.15) is 0 Å². The molecule has 5 heteroatoms. The average Bonchev–Trinajstić information content (AvgIpc) is 3.14. The Morgan fingerprint density at radius 3 is 2.63 bits per heavy atom. The van der Waals surface area contributed by atoms with E-state index in [1.807, 2.05) is 30.3 Å². The van der Waals surface area contributed by atoms with Crippen molar-refractivity contribution in [3.05, 3.63) is 65.2 Å². The van der Waals surface area contributed by atoms with Crippen molar-refractivity contribution in [2.45, 2.75) is 39.3 Å². The lowest BCUT2D eigenvalue weighted by molar-refractivity contribution is -0.126. The third-order valence-electron chi connectivity index (χ3n) is 5.18. The van der Waals surface area contributed by atoms with Gasteiger partial charge in [-0.1, -0.05) is 48.4 Å². The van der Waals surface area contributed by atoms with Crippen molar-refractivity contribution >= 4 is 18.3 Å². The normalized spacial score (nSPS) is 18.6. The van der Waals surface area contributed by atoms with Gasteiger partial charge in [0.25, 0.3) is 0 Å². The Kier molecular flexibility index (Phi) is 8.14. The van der Waals surface area contributed by atoms with Gasteiger partial charge in [-0.05, 0) is 55.5 Å². The summed E-state index contributed by atoms with van der Waals surface area (Å²) in [7, 11) is 0. The van der Waals surface area contributed by atoms with Gasteiger partial charge in [-0.25, -0.2) is 0 Å². The van der Waals surface area contributed by atoms with Gasteiger partial charge in [0.1, 0.15) is 12.4 Å². The molecule has 2 atom stereocenters. The molecule has 3 N–H and O–H groups in total. The fourth-order valence-electron chi connectivity index (χ4n) is 3.66. The Hall–Kier alpha value is -2.04. The summed E-state index contributed by atoms with van der Waals surface area (Å²) in [5, 5.41) is 3.05. The fourth-order valence-corrected chi connectivity index (χ4v) is 3.66. The highest BCUT2D eigenvalue weighted by Crippen LogP contribution is 2.31. The van der Waals surface area contributed by atoms with Gasteiger partial charge in [-0.15, -0.1) is 12.4 Å². The van der Waals surface area contributed by atoms with Gasteiger partial charge in [0.05, 0.1) is 0 Å². The summed E-state index contributed by atoms with van der Waals surface area (Å²) in [5.74, 6) is 1.39. The predicted octanol–water partition coefficient (Wildman–Crippen LogP) is 3.99. The fraction of sp³-hybridized carbons (Fsp3) is 0.409. The van der Waals surface area contributed by atoms with Crippen LogP contribution in [0.3, 0.4) is 0 Å². The number of ether oxygens (including phenoxy) is 1. The monoisotopic (exact) mass is 388 g/mol. The molecule has 1 aliphatic carbocycles. The maximum Gasteiger partial charge on any atom is 0.223 e. The zero-order chi connectivity index (χ0) is 18.4. The van der Waals surface area contributed by atoms with Crippen LogP contribution in [0, 0.1) is 18.8 Å². The standard InChI is InChI=1S/C22H28N2O2.ClH/c1-16-4-2-5-18(12-16)15-26-20-10-8-17(9-11-20)14-24-22(25)21-7-3-6-19(21)13-23;/h2,4-5,8-12,19,21H,3,6-7,13-15,23H2,1H3,(H,24,25);1H/t19-,21-;/m1./s1. The molecule has 0 radical (unpaired) electrons. The van der Waals surface area contributed by atoms with Crippen LogP contribution in [-0.2, 0) is 17.9 Å². The summed E-state index contributed by atoms with van der Waals surface area (Å²) in [6, 6.07) is 16.2. The van der Waals surface area contributed by atoms with Crippen LogP contribution in [-0.4, -0.2) is 12.5 Å². The zero-order valence-corrected chi connectivity index (χ0v) is 16.6. The number of benzene rings is 2. The topological polar surface area (TPSA) is 64.3 Å². The lowest BCUT2D eigenvalue weighted by atomic mass is 9.95. The molecule has 146 valence electrons. The number of hydrogen-bond donors (Lipinski definition) is 2. The van der Waals surface area contributed by atoms with Crippen LogP contribution < -0.4 is 15.8 Å². The minimum absolute atomic E-state index is 0. The van der Waals surface area contributed by atoms with Crippen molar-refractivity contribution in [3.8, 4) is 5.75 Å². The van der Waals surface area contributed by atoms with Crippen molar-refractivity contribution < 1.29 is 9.53 Å². The number of aryl methyl sites for hydroxylation is 1. The molecule has 2 aromatic rings. The molecule has 0 spiro atoms. The lowest BCUT2D eigenvalue weighted by Crippen LogP contribution is -2.34. The predicted molar refractivity (Wildman–Crippen MR) is 111 cm³/mol. The molecule has 2 aromatic carbocycles. The largest absolute Gasteiger partial charge is 0.489 e. The summed E-state index contributed by atoms with van der Waals surface area (Å²) >= 11 is 0. The number of carbonyl (C=O) groups excluding carboxylic acids is 1. The van der Waals surface area contributed by atoms with Crippen LogP contribution >= 0.6 is 12.4 Å². The number of hydrogen-bond acceptors (Lipinski definition) is 3. The number of nitrogens with one attached hydrogen (secondary N) is 1. The highest BCUT2D eigenvalue weighted by atomic mass is 35.5. The smallest absolute Gasteiger partial charge is 0.223 e. The molecule has 1 amide bonds. The molecular formula is C22H29ClN2O2. The first-order valence-corrected chi connectivity index (χ1v) is 9.41. The van der Waals surface area contributed by atoms with Crippen LogP contribution in [0.15, 0.2) is 48.5 Å². The first kappa shape index (κ1) is 21.3. The summed E-state index contributed by atoms with van der Waals surface area (Å²) in [4.78, 5) is 12.4. The maximum absolute atomic E-state index is 12.4. The van der Waals surface area contributed by atoms with Gasteiger partial charge in [0.2, 0.25) is 5.91 Å². The van der Waals surface area contributed by atoms with E-state index < -0.39 is 0 Å². The van der Waals surface area contributed by atoms with Crippen LogP contribution in [0.1, 0.15) is 36.0 Å². The minimum Gasteiger partial charge on any atom is -0.489 e. The molecule has 0 heterocycles. The van der Waals surface area contributed by atoms with E-state index in [1.165, 1.54) is 5.56 Å². The van der Waals surface area contributed by atoms with Crippen LogP contribution in [0.5, 0.6) is 5.75 Å². The Bertz CT molecular complexity index is 733. The molecule has 3 rings (SSSR count). The third kappa shape index (κ3) is 5.98. The maximum atomic E-state index is 12.4. The lowest BCUT2D eigenvalue weighted by Gasteiger charge is -2.17. The summed E-state index contributed by atoms with van der Waals surface area (Å²) < 4.78 is 5.84. The first-order chi connectivity index (χ1) is 12.7. The van der Waals surface area contributed by atoms with Gasteiger partial charge in [0, 0.05) is 12.5 Å².